The molecule has 1 aromatic carbocycles. The van der Waals surface area contributed by atoms with Gasteiger partial charge >= 0.3 is 0 Å². The SMILES string of the molecule is CC[C@@H](C)N1C(=O)[C@H](C(C)C)NC12CCN(S(=O)(=O)c1ccc(F)cc1)CC2. The van der Waals surface area contributed by atoms with Crippen LogP contribution in [0.2, 0.25) is 0 Å². The van der Waals surface area contributed by atoms with Crippen LogP contribution in [0, 0.1) is 11.7 Å². The minimum atomic E-state index is -3.68. The van der Waals surface area contributed by atoms with Gasteiger partial charge in [-0.2, -0.15) is 4.31 Å². The zero-order valence-corrected chi connectivity index (χ0v) is 17.8. The van der Waals surface area contributed by atoms with Gasteiger partial charge in [-0.15, -0.1) is 0 Å². The first kappa shape index (κ1) is 21.2. The first-order valence-electron chi connectivity index (χ1n) is 9.99. The number of carbonyl (C=O) groups excluding carboxylic acids is 1. The lowest BCUT2D eigenvalue weighted by atomic mass is 9.95. The largest absolute Gasteiger partial charge is 0.320 e. The van der Waals surface area contributed by atoms with E-state index in [4.69, 9.17) is 0 Å². The number of nitrogens with zero attached hydrogens (tertiary/aromatic N) is 2. The Morgan fingerprint density at radius 1 is 1.18 bits per heavy atom. The summed E-state index contributed by atoms with van der Waals surface area (Å²) in [4.78, 5) is 15.1. The average Bonchev–Trinajstić information content (AvgIpc) is 2.94. The van der Waals surface area contributed by atoms with Crippen LogP contribution in [0.15, 0.2) is 29.2 Å². The van der Waals surface area contributed by atoms with E-state index < -0.39 is 21.5 Å². The first-order chi connectivity index (χ1) is 13.1. The maximum Gasteiger partial charge on any atom is 0.243 e. The number of hydrogen-bond acceptors (Lipinski definition) is 4. The highest BCUT2D eigenvalue weighted by Gasteiger charge is 2.54. The van der Waals surface area contributed by atoms with Crippen LogP contribution in [0.1, 0.15) is 47.0 Å². The molecule has 1 N–H and O–H groups in total. The molecule has 2 aliphatic rings. The molecule has 0 unspecified atom stereocenters. The van der Waals surface area contributed by atoms with E-state index in [2.05, 4.69) is 12.2 Å². The molecular weight excluding hydrogens is 381 g/mol. The van der Waals surface area contributed by atoms with Crippen molar-refractivity contribution in [2.24, 2.45) is 5.92 Å². The first-order valence-corrected chi connectivity index (χ1v) is 11.4. The molecule has 8 heteroatoms. The van der Waals surface area contributed by atoms with Gasteiger partial charge in [0, 0.05) is 19.1 Å². The van der Waals surface area contributed by atoms with Crippen molar-refractivity contribution in [3.05, 3.63) is 30.1 Å². The zero-order valence-electron chi connectivity index (χ0n) is 17.0. The molecule has 2 fully saturated rings. The van der Waals surface area contributed by atoms with E-state index in [1.165, 1.54) is 16.4 Å². The number of halogens is 1. The van der Waals surface area contributed by atoms with Gasteiger partial charge in [0.05, 0.1) is 16.6 Å². The minimum Gasteiger partial charge on any atom is -0.320 e. The van der Waals surface area contributed by atoms with Crippen LogP contribution in [0.5, 0.6) is 0 Å². The molecule has 2 atom stereocenters. The van der Waals surface area contributed by atoms with Gasteiger partial charge in [0.15, 0.2) is 0 Å². The predicted octanol–water partition coefficient (Wildman–Crippen LogP) is 2.56. The monoisotopic (exact) mass is 411 g/mol. The molecule has 2 heterocycles. The van der Waals surface area contributed by atoms with Gasteiger partial charge in [0.25, 0.3) is 0 Å². The van der Waals surface area contributed by atoms with Crippen molar-refractivity contribution in [2.45, 2.75) is 69.6 Å². The van der Waals surface area contributed by atoms with Crippen LogP contribution in [0.25, 0.3) is 0 Å². The molecule has 2 saturated heterocycles. The van der Waals surface area contributed by atoms with Crippen molar-refractivity contribution < 1.29 is 17.6 Å². The molecule has 0 bridgehead atoms. The van der Waals surface area contributed by atoms with Crippen molar-refractivity contribution in [1.29, 1.82) is 0 Å². The van der Waals surface area contributed by atoms with E-state index in [0.29, 0.717) is 25.9 Å². The zero-order chi connectivity index (χ0) is 20.7. The fourth-order valence-corrected chi connectivity index (χ4v) is 5.73. The number of amides is 1. The van der Waals surface area contributed by atoms with Crippen LogP contribution >= 0.6 is 0 Å². The maximum absolute atomic E-state index is 13.2. The summed E-state index contributed by atoms with van der Waals surface area (Å²) in [6, 6.07) is 4.76. The van der Waals surface area contributed by atoms with Crippen molar-refractivity contribution in [3.8, 4) is 0 Å². The van der Waals surface area contributed by atoms with E-state index in [1.54, 1.807) is 0 Å². The summed E-state index contributed by atoms with van der Waals surface area (Å²) in [6.45, 7) is 8.79. The number of carbonyl (C=O) groups is 1. The molecule has 3 rings (SSSR count). The topological polar surface area (TPSA) is 69.7 Å². The summed E-state index contributed by atoms with van der Waals surface area (Å²) in [5.41, 5.74) is -0.504. The number of piperidine rings is 1. The maximum atomic E-state index is 13.2. The Labute approximate surface area is 167 Å². The van der Waals surface area contributed by atoms with Crippen LogP contribution in [-0.2, 0) is 14.8 Å². The highest BCUT2D eigenvalue weighted by molar-refractivity contribution is 7.89. The fourth-order valence-electron chi connectivity index (χ4n) is 4.29. The van der Waals surface area contributed by atoms with Crippen LogP contribution in [0.4, 0.5) is 4.39 Å². The molecule has 28 heavy (non-hydrogen) atoms. The van der Waals surface area contributed by atoms with Gasteiger partial charge in [0.2, 0.25) is 15.9 Å². The molecule has 0 radical (unpaired) electrons. The van der Waals surface area contributed by atoms with E-state index in [-0.39, 0.29) is 28.8 Å². The molecule has 1 spiro atoms. The van der Waals surface area contributed by atoms with Gasteiger partial charge in [-0.25, -0.2) is 12.8 Å². The molecule has 0 aromatic heterocycles. The summed E-state index contributed by atoms with van der Waals surface area (Å²) in [5, 5.41) is 3.55. The Morgan fingerprint density at radius 2 is 1.75 bits per heavy atom. The lowest BCUT2D eigenvalue weighted by molar-refractivity contribution is -0.136. The van der Waals surface area contributed by atoms with Crippen molar-refractivity contribution >= 4 is 15.9 Å². The van der Waals surface area contributed by atoms with Crippen LogP contribution < -0.4 is 5.32 Å². The number of benzene rings is 1. The highest BCUT2D eigenvalue weighted by Crippen LogP contribution is 2.37. The number of sulfonamides is 1. The molecule has 0 aliphatic carbocycles. The number of nitrogens with one attached hydrogen (secondary N) is 1. The third-order valence-corrected chi connectivity index (χ3v) is 8.00. The molecular formula is C20H30FN3O3S. The standard InChI is InChI=1S/C20H30FN3O3S/c1-5-15(4)24-19(25)18(14(2)3)22-20(24)10-12-23(13-11-20)28(26,27)17-8-6-16(21)7-9-17/h6-9,14-15,18,22H,5,10-13H2,1-4H3/t15-,18+/m1/s1. The summed E-state index contributed by atoms with van der Waals surface area (Å²) in [5.74, 6) is -0.187. The van der Waals surface area contributed by atoms with Gasteiger partial charge < -0.3 is 4.90 Å². The average molecular weight is 412 g/mol. The molecule has 1 amide bonds. The fraction of sp³-hybridized carbons (Fsp3) is 0.650. The Balaban J connectivity index is 1.82. The molecule has 0 saturated carbocycles. The van der Waals surface area contributed by atoms with Gasteiger partial charge in [0.1, 0.15) is 5.82 Å². The third kappa shape index (κ3) is 3.57. The number of hydrogen-bond donors (Lipinski definition) is 1. The van der Waals surface area contributed by atoms with Gasteiger partial charge in [-0.05, 0) is 56.4 Å². The van der Waals surface area contributed by atoms with Crippen molar-refractivity contribution in [3.63, 3.8) is 0 Å². The second-order valence-electron chi connectivity index (χ2n) is 8.22. The van der Waals surface area contributed by atoms with Gasteiger partial charge in [-0.1, -0.05) is 20.8 Å². The smallest absolute Gasteiger partial charge is 0.243 e. The summed E-state index contributed by atoms with van der Waals surface area (Å²) in [7, 11) is -3.68. The normalized spacial score (nSPS) is 24.3. The Bertz CT molecular complexity index is 818. The summed E-state index contributed by atoms with van der Waals surface area (Å²) in [6.07, 6.45) is 1.91. The highest BCUT2D eigenvalue weighted by atomic mass is 32.2. The third-order valence-electron chi connectivity index (χ3n) is 6.09. The molecule has 1 aromatic rings. The minimum absolute atomic E-state index is 0.0870. The Hall–Kier alpha value is -1.51. The van der Waals surface area contributed by atoms with E-state index in [9.17, 15) is 17.6 Å². The summed E-state index contributed by atoms with van der Waals surface area (Å²) < 4.78 is 40.4. The van der Waals surface area contributed by atoms with E-state index in [1.807, 2.05) is 25.7 Å². The summed E-state index contributed by atoms with van der Waals surface area (Å²) >= 11 is 0. The van der Waals surface area contributed by atoms with Crippen LogP contribution in [-0.4, -0.2) is 54.4 Å². The van der Waals surface area contributed by atoms with Crippen molar-refractivity contribution in [1.82, 2.24) is 14.5 Å². The van der Waals surface area contributed by atoms with Crippen molar-refractivity contribution in [2.75, 3.05) is 13.1 Å². The molecule has 2 aliphatic heterocycles. The van der Waals surface area contributed by atoms with E-state index in [0.717, 1.165) is 18.6 Å². The van der Waals surface area contributed by atoms with Crippen LogP contribution in [0.3, 0.4) is 0 Å². The second-order valence-corrected chi connectivity index (χ2v) is 10.2. The lowest BCUT2D eigenvalue weighted by Crippen LogP contribution is -2.61. The van der Waals surface area contributed by atoms with E-state index >= 15 is 0 Å². The Kier molecular flexibility index (Phi) is 5.85. The molecule has 6 nitrogen and oxygen atoms in total. The number of rotatable bonds is 5. The Morgan fingerprint density at radius 3 is 2.25 bits per heavy atom. The van der Waals surface area contributed by atoms with Gasteiger partial charge in [-0.3, -0.25) is 10.1 Å². The second kappa shape index (κ2) is 7.72. The molecule has 156 valence electrons. The lowest BCUT2D eigenvalue weighted by Gasteiger charge is -2.46. The predicted molar refractivity (Wildman–Crippen MR) is 105 cm³/mol. The quantitative estimate of drug-likeness (QED) is 0.809.